The van der Waals surface area contributed by atoms with Crippen LogP contribution in [0.3, 0.4) is 0 Å². The summed E-state index contributed by atoms with van der Waals surface area (Å²) in [5.74, 6) is 6.12. The highest BCUT2D eigenvalue weighted by atomic mass is 16.6. The minimum absolute atomic E-state index is 0.235. The van der Waals surface area contributed by atoms with E-state index in [9.17, 15) is 9.59 Å². The van der Waals surface area contributed by atoms with Gasteiger partial charge in [-0.25, -0.2) is 4.79 Å². The van der Waals surface area contributed by atoms with Crippen molar-refractivity contribution in [3.8, 4) is 0 Å². The molecule has 0 saturated heterocycles. The van der Waals surface area contributed by atoms with Crippen molar-refractivity contribution in [2.75, 3.05) is 6.61 Å². The molecular weight excluding hydrogens is 388 g/mol. The molecule has 0 aromatic rings. The van der Waals surface area contributed by atoms with Crippen LogP contribution in [0.4, 0.5) is 0 Å². The third kappa shape index (κ3) is 2.72. The van der Waals surface area contributed by atoms with Crippen LogP contribution in [-0.4, -0.2) is 24.1 Å². The summed E-state index contributed by atoms with van der Waals surface area (Å²) in [6, 6.07) is 0. The topological polar surface area (TPSA) is 52.6 Å². The second kappa shape index (κ2) is 6.29. The van der Waals surface area contributed by atoms with E-state index in [1.54, 1.807) is 0 Å². The number of carbonyl (C=O) groups excluding carboxylic acids is 2. The molecule has 5 saturated carbocycles. The molecule has 10 unspecified atom stereocenters. The molecule has 0 spiro atoms. The first-order valence-corrected chi connectivity index (χ1v) is 12.7. The van der Waals surface area contributed by atoms with E-state index in [2.05, 4.69) is 20.8 Å². The predicted molar refractivity (Wildman–Crippen MR) is 119 cm³/mol. The van der Waals surface area contributed by atoms with Gasteiger partial charge in [-0.15, -0.1) is 0 Å². The summed E-state index contributed by atoms with van der Waals surface area (Å²) in [4.78, 5) is 25.5. The first-order valence-electron chi connectivity index (χ1n) is 12.7. The minimum Gasteiger partial charge on any atom is -0.457 e. The van der Waals surface area contributed by atoms with Crippen molar-refractivity contribution in [2.24, 2.45) is 63.6 Å². The Kier molecular flexibility index (Phi) is 4.42. The summed E-state index contributed by atoms with van der Waals surface area (Å²) in [5.41, 5.74) is -0.645. The van der Waals surface area contributed by atoms with Gasteiger partial charge in [0.2, 0.25) is 0 Å². The van der Waals surface area contributed by atoms with E-state index in [-0.39, 0.29) is 18.0 Å². The van der Waals surface area contributed by atoms with E-state index in [0.29, 0.717) is 23.7 Å². The molecule has 0 heterocycles. The molecule has 0 amide bonds. The van der Waals surface area contributed by atoms with Crippen molar-refractivity contribution in [3.05, 3.63) is 0 Å². The van der Waals surface area contributed by atoms with Crippen molar-refractivity contribution in [3.63, 3.8) is 0 Å². The normalized spacial score (nSPS) is 45.9. The van der Waals surface area contributed by atoms with Crippen molar-refractivity contribution in [1.82, 2.24) is 0 Å². The van der Waals surface area contributed by atoms with Gasteiger partial charge in [0.15, 0.2) is 6.61 Å². The van der Waals surface area contributed by atoms with Crippen LogP contribution in [0.1, 0.15) is 81.1 Å². The molecule has 10 atom stereocenters. The average molecular weight is 431 g/mol. The molecule has 174 valence electrons. The van der Waals surface area contributed by atoms with Crippen LogP contribution in [-0.2, 0) is 19.1 Å². The molecule has 2 bridgehead atoms. The summed E-state index contributed by atoms with van der Waals surface area (Å²) in [7, 11) is 0. The zero-order valence-corrected chi connectivity index (χ0v) is 20.8. The van der Waals surface area contributed by atoms with E-state index in [1.807, 2.05) is 34.6 Å². The van der Waals surface area contributed by atoms with Gasteiger partial charge in [-0.05, 0) is 98.7 Å². The summed E-state index contributed by atoms with van der Waals surface area (Å²) >= 11 is 0. The number of hydrogen-bond donors (Lipinski definition) is 0. The van der Waals surface area contributed by atoms with E-state index < -0.39 is 17.0 Å². The molecular formula is C27H42O4. The summed E-state index contributed by atoms with van der Waals surface area (Å²) in [6.45, 7) is 16.4. The number of hydrogen-bond acceptors (Lipinski definition) is 4. The SMILES string of the molecule is CCC(C)(C(=O)OCC(=O)OC(C)(C)C1CC2CC1C1C3CC4(C)C3C4C21)C(C)(C)C. The average Bonchev–Trinajstić information content (AvgIpc) is 3.12. The Morgan fingerprint density at radius 2 is 1.65 bits per heavy atom. The quantitative estimate of drug-likeness (QED) is 0.523. The second-order valence-electron chi connectivity index (χ2n) is 13.7. The van der Waals surface area contributed by atoms with Crippen molar-refractivity contribution >= 4 is 11.9 Å². The number of esters is 2. The molecule has 5 rings (SSSR count). The van der Waals surface area contributed by atoms with Gasteiger partial charge in [0.05, 0.1) is 5.41 Å². The van der Waals surface area contributed by atoms with Crippen LogP contribution in [0.5, 0.6) is 0 Å². The number of rotatable bonds is 6. The van der Waals surface area contributed by atoms with E-state index in [1.165, 1.54) is 19.3 Å². The predicted octanol–water partition coefficient (Wildman–Crippen LogP) is 5.49. The van der Waals surface area contributed by atoms with E-state index in [4.69, 9.17) is 9.47 Å². The van der Waals surface area contributed by atoms with Crippen LogP contribution in [0, 0.1) is 63.6 Å². The van der Waals surface area contributed by atoms with Crippen molar-refractivity contribution in [1.29, 1.82) is 0 Å². The fourth-order valence-electron chi connectivity index (χ4n) is 9.24. The lowest BCUT2D eigenvalue weighted by atomic mass is 9.57. The van der Waals surface area contributed by atoms with Crippen LogP contribution in [0.15, 0.2) is 0 Å². The first kappa shape index (κ1) is 21.8. The molecule has 5 aliphatic rings. The van der Waals surface area contributed by atoms with Crippen LogP contribution in [0.25, 0.3) is 0 Å². The molecule has 0 N–H and O–H groups in total. The second-order valence-corrected chi connectivity index (χ2v) is 13.7. The zero-order chi connectivity index (χ0) is 22.7. The lowest BCUT2D eigenvalue weighted by Gasteiger charge is -2.49. The molecule has 5 aliphatic carbocycles. The first-order chi connectivity index (χ1) is 14.3. The Labute approximate surface area is 188 Å². The van der Waals surface area contributed by atoms with Gasteiger partial charge in [-0.2, -0.15) is 0 Å². The van der Waals surface area contributed by atoms with Crippen LogP contribution in [0.2, 0.25) is 0 Å². The summed E-state index contributed by atoms with van der Waals surface area (Å²) in [5, 5.41) is 0. The standard InChI is InChI=1S/C27H42O4/c1-9-27(8,24(2,3)4)23(29)30-13-18(28)31-25(5,6)17-11-14-10-15(17)20-16-12-26(7)21(16)22(26)19(14)20/h14-17,19-22H,9-13H2,1-8H3. The Bertz CT molecular complexity index is 809. The highest BCUT2D eigenvalue weighted by molar-refractivity contribution is 5.81. The zero-order valence-electron chi connectivity index (χ0n) is 20.8. The van der Waals surface area contributed by atoms with E-state index >= 15 is 0 Å². The van der Waals surface area contributed by atoms with Gasteiger partial charge >= 0.3 is 11.9 Å². The lowest BCUT2D eigenvalue weighted by Crippen LogP contribution is -2.48. The highest BCUT2D eigenvalue weighted by Crippen LogP contribution is 2.89. The molecule has 5 fully saturated rings. The number of carbonyl (C=O) groups is 2. The molecule has 4 nitrogen and oxygen atoms in total. The maximum absolute atomic E-state index is 12.8. The van der Waals surface area contributed by atoms with Crippen LogP contribution < -0.4 is 0 Å². The minimum atomic E-state index is -0.622. The Hall–Kier alpha value is -1.06. The van der Waals surface area contributed by atoms with Gasteiger partial charge in [-0.3, -0.25) is 4.79 Å². The third-order valence-electron chi connectivity index (χ3n) is 11.4. The highest BCUT2D eigenvalue weighted by Gasteiger charge is 2.84. The summed E-state index contributed by atoms with van der Waals surface area (Å²) < 4.78 is 11.5. The molecule has 4 heteroatoms. The fourth-order valence-corrected chi connectivity index (χ4v) is 9.24. The fraction of sp³-hybridized carbons (Fsp3) is 0.926. The Morgan fingerprint density at radius 1 is 0.968 bits per heavy atom. The summed E-state index contributed by atoms with van der Waals surface area (Å²) in [6.07, 6.45) is 4.66. The van der Waals surface area contributed by atoms with Gasteiger partial charge in [0.25, 0.3) is 0 Å². The number of fused-ring (bicyclic) bond motifs is 8. The van der Waals surface area contributed by atoms with Gasteiger partial charge < -0.3 is 9.47 Å². The van der Waals surface area contributed by atoms with Crippen molar-refractivity contribution < 1.29 is 19.1 Å². The molecule has 31 heavy (non-hydrogen) atoms. The monoisotopic (exact) mass is 430 g/mol. The van der Waals surface area contributed by atoms with Gasteiger partial charge in [-0.1, -0.05) is 34.6 Å². The maximum atomic E-state index is 12.8. The lowest BCUT2D eigenvalue weighted by molar-refractivity contribution is -0.181. The molecule has 0 aromatic carbocycles. The molecule has 0 radical (unpaired) electrons. The number of ether oxygens (including phenoxy) is 2. The van der Waals surface area contributed by atoms with Crippen LogP contribution >= 0.6 is 0 Å². The Morgan fingerprint density at radius 3 is 2.26 bits per heavy atom. The third-order valence-corrected chi connectivity index (χ3v) is 11.4. The molecule has 0 aromatic heterocycles. The van der Waals surface area contributed by atoms with Crippen molar-refractivity contribution in [2.45, 2.75) is 86.7 Å². The maximum Gasteiger partial charge on any atom is 0.344 e. The smallest absolute Gasteiger partial charge is 0.344 e. The largest absolute Gasteiger partial charge is 0.457 e. The molecule has 0 aliphatic heterocycles. The Balaban J connectivity index is 1.18. The van der Waals surface area contributed by atoms with Gasteiger partial charge in [0, 0.05) is 5.92 Å². The van der Waals surface area contributed by atoms with E-state index in [0.717, 1.165) is 35.5 Å². The van der Waals surface area contributed by atoms with Gasteiger partial charge in [0.1, 0.15) is 5.60 Å².